The minimum atomic E-state index is 0.408. The topological polar surface area (TPSA) is 84.1 Å². The molecule has 0 unspecified atom stereocenters. The maximum atomic E-state index is 4.58. The van der Waals surface area contributed by atoms with E-state index in [1.807, 2.05) is 19.1 Å². The molecule has 4 rings (SSSR count). The van der Waals surface area contributed by atoms with Gasteiger partial charge >= 0.3 is 0 Å². The lowest BCUT2D eigenvalue weighted by atomic mass is 10.0. The summed E-state index contributed by atoms with van der Waals surface area (Å²) in [4.78, 5) is 11.0. The maximum absolute atomic E-state index is 4.58. The van der Waals surface area contributed by atoms with E-state index in [1.54, 1.807) is 10.8 Å². The van der Waals surface area contributed by atoms with E-state index in [9.17, 15) is 0 Å². The summed E-state index contributed by atoms with van der Waals surface area (Å²) in [6.45, 7) is 5.97. The fourth-order valence-electron chi connectivity index (χ4n) is 3.19. The van der Waals surface area contributed by atoms with Crippen LogP contribution in [0.3, 0.4) is 0 Å². The molecule has 1 N–H and O–H groups in total. The summed E-state index contributed by atoms with van der Waals surface area (Å²) in [5.41, 5.74) is 1.86. The van der Waals surface area contributed by atoms with Crippen LogP contribution in [0.1, 0.15) is 31.3 Å². The molecule has 0 atom stereocenters. The summed E-state index contributed by atoms with van der Waals surface area (Å²) < 4.78 is 1.77. The number of piperidine rings is 1. The van der Waals surface area contributed by atoms with Crippen LogP contribution in [0.4, 0.5) is 11.6 Å². The third kappa shape index (κ3) is 3.24. The molecular formula is C17H22N8. The Morgan fingerprint density at radius 2 is 2.00 bits per heavy atom. The fraction of sp³-hybridized carbons (Fsp3) is 0.471. The standard InChI is InChI=1S/C17H22N8/c1-3-13-10-17(19-11-18-13)24-8-6-14(7-9-24)20-15-4-5-16-22-21-12(2)25(16)23-15/h4-5,10-11,14H,3,6-9H2,1-2H3,(H,20,23). The van der Waals surface area contributed by atoms with Gasteiger partial charge in [-0.2, -0.15) is 4.52 Å². The molecule has 0 amide bonds. The van der Waals surface area contributed by atoms with Crippen molar-refractivity contribution in [2.75, 3.05) is 23.3 Å². The second-order valence-corrected chi connectivity index (χ2v) is 6.36. The average molecular weight is 338 g/mol. The van der Waals surface area contributed by atoms with E-state index in [0.717, 1.165) is 61.2 Å². The maximum Gasteiger partial charge on any atom is 0.178 e. The van der Waals surface area contributed by atoms with Crippen LogP contribution >= 0.6 is 0 Å². The smallest absolute Gasteiger partial charge is 0.178 e. The van der Waals surface area contributed by atoms with E-state index >= 15 is 0 Å². The van der Waals surface area contributed by atoms with Gasteiger partial charge in [0.1, 0.15) is 18.0 Å². The van der Waals surface area contributed by atoms with Gasteiger partial charge in [0.2, 0.25) is 0 Å². The van der Waals surface area contributed by atoms with Crippen molar-refractivity contribution >= 4 is 17.3 Å². The van der Waals surface area contributed by atoms with Gasteiger partial charge in [0.15, 0.2) is 11.5 Å². The van der Waals surface area contributed by atoms with Crippen LogP contribution in [0.15, 0.2) is 24.5 Å². The first-order valence-electron chi connectivity index (χ1n) is 8.74. The lowest BCUT2D eigenvalue weighted by molar-refractivity contribution is 0.521. The van der Waals surface area contributed by atoms with Gasteiger partial charge < -0.3 is 10.2 Å². The van der Waals surface area contributed by atoms with E-state index in [4.69, 9.17) is 0 Å². The highest BCUT2D eigenvalue weighted by Gasteiger charge is 2.21. The van der Waals surface area contributed by atoms with Crippen LogP contribution in [0.25, 0.3) is 5.65 Å². The summed E-state index contributed by atoms with van der Waals surface area (Å²) in [6, 6.07) is 6.41. The largest absolute Gasteiger partial charge is 0.366 e. The van der Waals surface area contributed by atoms with Crippen LogP contribution in [0.5, 0.6) is 0 Å². The molecule has 0 aliphatic carbocycles. The molecule has 130 valence electrons. The number of nitrogens with zero attached hydrogens (tertiary/aromatic N) is 7. The fourth-order valence-corrected chi connectivity index (χ4v) is 3.19. The first-order valence-corrected chi connectivity index (χ1v) is 8.74. The van der Waals surface area contributed by atoms with Crippen molar-refractivity contribution in [3.05, 3.63) is 36.0 Å². The molecule has 0 spiro atoms. The third-order valence-electron chi connectivity index (χ3n) is 4.66. The van der Waals surface area contributed by atoms with Gasteiger partial charge in [-0.05, 0) is 38.3 Å². The molecule has 8 heteroatoms. The first-order chi connectivity index (χ1) is 12.2. The monoisotopic (exact) mass is 338 g/mol. The predicted octanol–water partition coefficient (Wildman–Crippen LogP) is 1.87. The van der Waals surface area contributed by atoms with Gasteiger partial charge in [-0.25, -0.2) is 9.97 Å². The van der Waals surface area contributed by atoms with Gasteiger partial charge in [-0.1, -0.05) is 6.92 Å². The summed E-state index contributed by atoms with van der Waals surface area (Å²) in [7, 11) is 0. The number of nitrogens with one attached hydrogen (secondary N) is 1. The third-order valence-corrected chi connectivity index (χ3v) is 4.66. The summed E-state index contributed by atoms with van der Waals surface area (Å²) >= 11 is 0. The van der Waals surface area contributed by atoms with Crippen molar-refractivity contribution in [1.29, 1.82) is 0 Å². The summed E-state index contributed by atoms with van der Waals surface area (Å²) in [5, 5.41) is 16.2. The van der Waals surface area contributed by atoms with Crippen molar-refractivity contribution in [1.82, 2.24) is 29.8 Å². The number of rotatable bonds is 4. The predicted molar refractivity (Wildman–Crippen MR) is 95.8 cm³/mol. The Balaban J connectivity index is 1.40. The van der Waals surface area contributed by atoms with E-state index < -0.39 is 0 Å². The van der Waals surface area contributed by atoms with Gasteiger partial charge in [0.05, 0.1) is 0 Å². The van der Waals surface area contributed by atoms with Gasteiger partial charge in [-0.3, -0.25) is 0 Å². The van der Waals surface area contributed by atoms with Crippen LogP contribution in [-0.4, -0.2) is 48.9 Å². The molecule has 8 nitrogen and oxygen atoms in total. The minimum Gasteiger partial charge on any atom is -0.366 e. The minimum absolute atomic E-state index is 0.408. The van der Waals surface area contributed by atoms with Crippen molar-refractivity contribution < 1.29 is 0 Å². The lowest BCUT2D eigenvalue weighted by Gasteiger charge is -2.33. The first kappa shape index (κ1) is 15.7. The van der Waals surface area contributed by atoms with Crippen molar-refractivity contribution in [3.8, 4) is 0 Å². The molecule has 1 aliphatic rings. The van der Waals surface area contributed by atoms with E-state index in [1.165, 1.54) is 0 Å². The normalized spacial score (nSPS) is 15.7. The molecule has 1 aliphatic heterocycles. The zero-order chi connectivity index (χ0) is 17.2. The molecule has 3 aromatic heterocycles. The van der Waals surface area contributed by atoms with Crippen LogP contribution in [0, 0.1) is 6.92 Å². The van der Waals surface area contributed by atoms with Crippen molar-refractivity contribution in [2.45, 2.75) is 39.2 Å². The molecule has 0 radical (unpaired) electrons. The molecule has 0 aromatic carbocycles. The molecule has 0 bridgehead atoms. The number of hydrogen-bond donors (Lipinski definition) is 1. The van der Waals surface area contributed by atoms with Crippen molar-refractivity contribution in [2.24, 2.45) is 0 Å². The molecule has 4 heterocycles. The van der Waals surface area contributed by atoms with E-state index in [0.29, 0.717) is 6.04 Å². The van der Waals surface area contributed by atoms with Gasteiger partial charge in [0.25, 0.3) is 0 Å². The number of aryl methyl sites for hydroxylation is 2. The van der Waals surface area contributed by atoms with Gasteiger partial charge in [0, 0.05) is 30.9 Å². The summed E-state index contributed by atoms with van der Waals surface area (Å²) in [5.74, 6) is 2.69. The Morgan fingerprint density at radius 3 is 2.80 bits per heavy atom. The molecule has 1 saturated heterocycles. The molecule has 25 heavy (non-hydrogen) atoms. The second kappa shape index (κ2) is 6.62. The highest BCUT2D eigenvalue weighted by Crippen LogP contribution is 2.20. The Hall–Kier alpha value is -2.77. The van der Waals surface area contributed by atoms with Gasteiger partial charge in [-0.15, -0.1) is 15.3 Å². The number of fused-ring (bicyclic) bond motifs is 1. The average Bonchev–Trinajstić information content (AvgIpc) is 3.03. The Labute approximate surface area is 146 Å². The van der Waals surface area contributed by atoms with Crippen LogP contribution in [0.2, 0.25) is 0 Å². The van der Waals surface area contributed by atoms with Crippen LogP contribution in [-0.2, 0) is 6.42 Å². The molecular weight excluding hydrogens is 316 g/mol. The molecule has 3 aromatic rings. The SMILES string of the molecule is CCc1cc(N2CCC(Nc3ccc4nnc(C)n4n3)CC2)ncn1. The lowest BCUT2D eigenvalue weighted by Crippen LogP contribution is -2.39. The number of anilines is 2. The Kier molecular flexibility index (Phi) is 4.17. The second-order valence-electron chi connectivity index (χ2n) is 6.36. The van der Waals surface area contributed by atoms with E-state index in [2.05, 4.69) is 48.5 Å². The number of aromatic nitrogens is 6. The van der Waals surface area contributed by atoms with E-state index in [-0.39, 0.29) is 0 Å². The zero-order valence-electron chi connectivity index (χ0n) is 14.6. The van der Waals surface area contributed by atoms with Crippen LogP contribution < -0.4 is 10.2 Å². The van der Waals surface area contributed by atoms with Crippen molar-refractivity contribution in [3.63, 3.8) is 0 Å². The Morgan fingerprint density at radius 1 is 1.16 bits per heavy atom. The Bertz CT molecular complexity index is 866. The summed E-state index contributed by atoms with van der Waals surface area (Å²) in [6.07, 6.45) is 4.70. The number of hydrogen-bond acceptors (Lipinski definition) is 7. The highest BCUT2D eigenvalue weighted by atomic mass is 15.4. The zero-order valence-corrected chi connectivity index (χ0v) is 14.6. The highest BCUT2D eigenvalue weighted by molar-refractivity contribution is 5.45. The quantitative estimate of drug-likeness (QED) is 0.777. The molecule has 0 saturated carbocycles. The molecule has 1 fully saturated rings.